The summed E-state index contributed by atoms with van der Waals surface area (Å²) in [6.07, 6.45) is 0. The average Bonchev–Trinajstić information content (AvgIpc) is 2.40. The zero-order valence-corrected chi connectivity index (χ0v) is 12.7. The monoisotopic (exact) mass is 333 g/mol. The van der Waals surface area contributed by atoms with E-state index in [1.165, 1.54) is 0 Å². The van der Waals surface area contributed by atoms with Gasteiger partial charge in [-0.2, -0.15) is 0 Å². The highest BCUT2D eigenvalue weighted by Crippen LogP contribution is 2.28. The van der Waals surface area contributed by atoms with Crippen molar-refractivity contribution in [1.82, 2.24) is 0 Å². The summed E-state index contributed by atoms with van der Waals surface area (Å²) in [7, 11) is 1.89. The number of carbonyl (C=O) groups is 1. The smallest absolute Gasteiger partial charge is 0.250 e. The zero-order chi connectivity index (χ0) is 14.7. The van der Waals surface area contributed by atoms with Crippen LogP contribution in [-0.4, -0.2) is 13.0 Å². The number of halogens is 1. The van der Waals surface area contributed by atoms with Crippen LogP contribution >= 0.6 is 15.9 Å². The van der Waals surface area contributed by atoms with Gasteiger partial charge in [-0.05, 0) is 29.8 Å². The number of rotatable bonds is 4. The first-order valence-electron chi connectivity index (χ1n) is 6.13. The Hall–Kier alpha value is -2.01. The highest BCUT2D eigenvalue weighted by atomic mass is 79.9. The summed E-state index contributed by atoms with van der Waals surface area (Å²) in [5, 5.41) is 0. The van der Waals surface area contributed by atoms with Crippen molar-refractivity contribution in [1.29, 1.82) is 0 Å². The largest absolute Gasteiger partial charge is 0.397 e. The van der Waals surface area contributed by atoms with Crippen LogP contribution in [0.4, 0.5) is 11.4 Å². The highest BCUT2D eigenvalue weighted by molar-refractivity contribution is 9.10. The molecule has 0 bridgehead atoms. The maximum atomic E-state index is 11.5. The summed E-state index contributed by atoms with van der Waals surface area (Å²) in [4.78, 5) is 13.4. The lowest BCUT2D eigenvalue weighted by Crippen LogP contribution is -2.23. The first-order valence-corrected chi connectivity index (χ1v) is 6.92. The minimum Gasteiger partial charge on any atom is -0.397 e. The van der Waals surface area contributed by atoms with Crippen molar-refractivity contribution in [3.63, 3.8) is 0 Å². The molecule has 0 aromatic heterocycles. The summed E-state index contributed by atoms with van der Waals surface area (Å²) in [6.45, 7) is 0.641. The lowest BCUT2D eigenvalue weighted by molar-refractivity contribution is 0.100. The fourth-order valence-electron chi connectivity index (χ4n) is 2.13. The molecule has 0 saturated carbocycles. The van der Waals surface area contributed by atoms with Gasteiger partial charge in [0.05, 0.1) is 16.9 Å². The normalized spacial score (nSPS) is 10.3. The number of nitrogen functional groups attached to an aromatic ring is 1. The van der Waals surface area contributed by atoms with E-state index >= 15 is 0 Å². The number of amides is 1. The molecule has 0 aliphatic carbocycles. The fraction of sp³-hybridized carbons (Fsp3) is 0.133. The maximum Gasteiger partial charge on any atom is 0.250 e. The lowest BCUT2D eigenvalue weighted by atomic mass is 10.1. The average molecular weight is 334 g/mol. The number of hydrogen-bond acceptors (Lipinski definition) is 3. The minimum atomic E-state index is -0.477. The number of primary amides is 1. The van der Waals surface area contributed by atoms with Crippen molar-refractivity contribution in [2.24, 2.45) is 5.73 Å². The molecule has 0 atom stereocenters. The molecule has 4 N–H and O–H groups in total. The molecule has 20 heavy (non-hydrogen) atoms. The molecule has 0 aliphatic heterocycles. The van der Waals surface area contributed by atoms with Gasteiger partial charge in [-0.25, -0.2) is 0 Å². The number of nitrogens with zero attached hydrogens (tertiary/aromatic N) is 1. The van der Waals surface area contributed by atoms with Gasteiger partial charge in [0, 0.05) is 18.1 Å². The van der Waals surface area contributed by atoms with Gasteiger partial charge < -0.3 is 16.4 Å². The van der Waals surface area contributed by atoms with Crippen LogP contribution in [0.25, 0.3) is 0 Å². The molecule has 5 heteroatoms. The Balaban J connectivity index is 2.31. The second kappa shape index (κ2) is 5.96. The second-order valence-corrected chi connectivity index (χ2v) is 5.51. The quantitative estimate of drug-likeness (QED) is 0.845. The number of hydrogen-bond donors (Lipinski definition) is 2. The molecule has 0 saturated heterocycles. The Bertz CT molecular complexity index is 626. The fourth-order valence-corrected chi connectivity index (χ4v) is 2.39. The Morgan fingerprint density at radius 2 is 1.85 bits per heavy atom. The molecule has 0 unspecified atom stereocenters. The second-order valence-electron chi connectivity index (χ2n) is 4.59. The molecule has 0 aliphatic rings. The van der Waals surface area contributed by atoms with Gasteiger partial charge in [0.25, 0.3) is 5.91 Å². The van der Waals surface area contributed by atoms with Crippen LogP contribution in [0.1, 0.15) is 15.9 Å². The van der Waals surface area contributed by atoms with Gasteiger partial charge in [-0.15, -0.1) is 0 Å². The predicted octanol–water partition coefficient (Wildman–Crippen LogP) is 2.77. The third-order valence-electron chi connectivity index (χ3n) is 3.05. The van der Waals surface area contributed by atoms with E-state index in [1.54, 1.807) is 18.2 Å². The Morgan fingerprint density at radius 3 is 2.45 bits per heavy atom. The van der Waals surface area contributed by atoms with Gasteiger partial charge in [-0.3, -0.25) is 4.79 Å². The summed E-state index contributed by atoms with van der Waals surface area (Å²) >= 11 is 3.40. The van der Waals surface area contributed by atoms with Crippen LogP contribution in [0.15, 0.2) is 46.9 Å². The van der Waals surface area contributed by atoms with Crippen molar-refractivity contribution < 1.29 is 4.79 Å². The van der Waals surface area contributed by atoms with Crippen LogP contribution in [0.2, 0.25) is 0 Å². The van der Waals surface area contributed by atoms with Gasteiger partial charge in [-0.1, -0.05) is 34.1 Å². The van der Waals surface area contributed by atoms with Crippen molar-refractivity contribution >= 4 is 33.2 Å². The third-order valence-corrected chi connectivity index (χ3v) is 3.58. The maximum absolute atomic E-state index is 11.5. The summed E-state index contributed by atoms with van der Waals surface area (Å²) in [5.74, 6) is -0.477. The molecule has 2 aromatic rings. The first-order chi connectivity index (χ1) is 9.49. The first kappa shape index (κ1) is 14.4. The molecule has 0 fully saturated rings. The molecule has 2 aromatic carbocycles. The molecular formula is C15H16BrN3O. The van der Waals surface area contributed by atoms with Crippen LogP contribution in [-0.2, 0) is 6.54 Å². The highest BCUT2D eigenvalue weighted by Gasteiger charge is 2.15. The van der Waals surface area contributed by atoms with E-state index in [0.29, 0.717) is 23.5 Å². The standard InChI is InChI=1S/C15H16BrN3O/c1-19(9-10-5-7-11(16)8-6-10)14-12(15(18)20)3-2-4-13(14)17/h2-8H,9,17H2,1H3,(H2,18,20). The van der Waals surface area contributed by atoms with E-state index in [0.717, 1.165) is 10.0 Å². The van der Waals surface area contributed by atoms with E-state index < -0.39 is 5.91 Å². The topological polar surface area (TPSA) is 72.3 Å². The number of carbonyl (C=O) groups excluding carboxylic acids is 1. The molecule has 0 radical (unpaired) electrons. The van der Waals surface area contributed by atoms with Crippen LogP contribution in [0.5, 0.6) is 0 Å². The molecule has 4 nitrogen and oxygen atoms in total. The summed E-state index contributed by atoms with van der Waals surface area (Å²) in [6, 6.07) is 13.2. The van der Waals surface area contributed by atoms with E-state index in [2.05, 4.69) is 15.9 Å². The molecule has 0 heterocycles. The Labute approximate surface area is 126 Å². The van der Waals surface area contributed by atoms with E-state index in [-0.39, 0.29) is 0 Å². The minimum absolute atomic E-state index is 0.435. The SMILES string of the molecule is CN(Cc1ccc(Br)cc1)c1c(N)cccc1C(N)=O. The molecule has 0 spiro atoms. The summed E-state index contributed by atoms with van der Waals surface area (Å²) in [5.41, 5.74) is 14.2. The predicted molar refractivity (Wildman–Crippen MR) is 85.6 cm³/mol. The lowest BCUT2D eigenvalue weighted by Gasteiger charge is -2.23. The van der Waals surface area contributed by atoms with Gasteiger partial charge in [0.1, 0.15) is 0 Å². The Kier molecular flexibility index (Phi) is 4.29. The number of anilines is 2. The third kappa shape index (κ3) is 3.11. The zero-order valence-electron chi connectivity index (χ0n) is 11.1. The van der Waals surface area contributed by atoms with Crippen molar-refractivity contribution in [3.05, 3.63) is 58.1 Å². The van der Waals surface area contributed by atoms with Crippen LogP contribution in [0.3, 0.4) is 0 Å². The molecule has 104 valence electrons. The van der Waals surface area contributed by atoms with Crippen molar-refractivity contribution in [3.8, 4) is 0 Å². The van der Waals surface area contributed by atoms with Crippen molar-refractivity contribution in [2.45, 2.75) is 6.54 Å². The van der Waals surface area contributed by atoms with E-state index in [4.69, 9.17) is 11.5 Å². The number of benzene rings is 2. The van der Waals surface area contributed by atoms with Gasteiger partial charge in [0.15, 0.2) is 0 Å². The van der Waals surface area contributed by atoms with E-state index in [1.807, 2.05) is 36.2 Å². The number of nitrogens with two attached hydrogens (primary N) is 2. The number of para-hydroxylation sites is 1. The molecule has 2 rings (SSSR count). The van der Waals surface area contributed by atoms with Gasteiger partial charge in [0.2, 0.25) is 0 Å². The van der Waals surface area contributed by atoms with E-state index in [9.17, 15) is 4.79 Å². The van der Waals surface area contributed by atoms with Crippen LogP contribution < -0.4 is 16.4 Å². The Morgan fingerprint density at radius 1 is 1.20 bits per heavy atom. The molecule has 1 amide bonds. The molecular weight excluding hydrogens is 318 g/mol. The van der Waals surface area contributed by atoms with Gasteiger partial charge >= 0.3 is 0 Å². The van der Waals surface area contributed by atoms with Crippen molar-refractivity contribution in [2.75, 3.05) is 17.7 Å². The van der Waals surface area contributed by atoms with Crippen LogP contribution in [0, 0.1) is 0 Å². The summed E-state index contributed by atoms with van der Waals surface area (Å²) < 4.78 is 1.03.